The van der Waals surface area contributed by atoms with Crippen LogP contribution in [0.2, 0.25) is 0 Å². The fraction of sp³-hybridized carbons (Fsp3) is 0.0667. The van der Waals surface area contributed by atoms with Crippen LogP contribution in [0.25, 0.3) is 22.8 Å². The molecule has 0 saturated carbocycles. The van der Waals surface area contributed by atoms with E-state index >= 15 is 0 Å². The van der Waals surface area contributed by atoms with Crippen molar-refractivity contribution in [3.63, 3.8) is 0 Å². The summed E-state index contributed by atoms with van der Waals surface area (Å²) in [6.07, 6.45) is 0. The molecule has 0 aliphatic heterocycles. The van der Waals surface area contributed by atoms with Crippen LogP contribution in [0.1, 0.15) is 0 Å². The first-order chi connectivity index (χ1) is 10.2. The minimum atomic E-state index is 0.534. The van der Waals surface area contributed by atoms with E-state index in [1.54, 1.807) is 0 Å². The number of anilines is 1. The Morgan fingerprint density at radius 1 is 1.05 bits per heavy atom. The number of halogens is 2. The summed E-state index contributed by atoms with van der Waals surface area (Å²) in [4.78, 5) is 9.03. The lowest BCUT2D eigenvalue weighted by Crippen LogP contribution is -1.98. The van der Waals surface area contributed by atoms with Crippen molar-refractivity contribution >= 4 is 37.7 Å². The second-order valence-corrected chi connectivity index (χ2v) is 5.88. The number of aromatic nitrogens is 2. The van der Waals surface area contributed by atoms with Crippen molar-refractivity contribution in [2.24, 2.45) is 0 Å². The van der Waals surface area contributed by atoms with Gasteiger partial charge in [0.15, 0.2) is 16.3 Å². The summed E-state index contributed by atoms with van der Waals surface area (Å²) in [5, 5.41) is 3.05. The van der Waals surface area contributed by atoms with Gasteiger partial charge in [-0.1, -0.05) is 30.3 Å². The van der Waals surface area contributed by atoms with E-state index < -0.39 is 0 Å². The van der Waals surface area contributed by atoms with Crippen molar-refractivity contribution in [2.45, 2.75) is 0 Å². The Labute approximate surface area is 138 Å². The van der Waals surface area contributed by atoms with Gasteiger partial charge in [0.2, 0.25) is 0 Å². The maximum absolute atomic E-state index is 5.61. The molecule has 0 fully saturated rings. The highest BCUT2D eigenvalue weighted by Gasteiger charge is 2.13. The van der Waals surface area contributed by atoms with E-state index in [2.05, 4.69) is 47.1 Å². The molecule has 1 aromatic carbocycles. The first kappa shape index (κ1) is 14.3. The Morgan fingerprint density at radius 3 is 2.43 bits per heavy atom. The van der Waals surface area contributed by atoms with Crippen LogP contribution in [0.4, 0.5) is 5.82 Å². The zero-order valence-electron chi connectivity index (χ0n) is 11.1. The molecule has 106 valence electrons. The number of furan rings is 1. The van der Waals surface area contributed by atoms with Crippen LogP contribution in [-0.2, 0) is 0 Å². The molecule has 1 N–H and O–H groups in total. The molecular weight excluding hydrogens is 398 g/mol. The van der Waals surface area contributed by atoms with Crippen LogP contribution in [0, 0.1) is 0 Å². The van der Waals surface area contributed by atoms with Gasteiger partial charge >= 0.3 is 0 Å². The normalized spacial score (nSPS) is 10.6. The number of nitrogens with one attached hydrogen (secondary N) is 1. The standard InChI is InChI=1S/C15H11Br2N3O/c1-18-13-8-11(9-5-3-2-4-6-9)19-15(20-13)12-7-10(16)14(17)21-12/h2-8H,1H3,(H,18,19,20). The summed E-state index contributed by atoms with van der Waals surface area (Å²) >= 11 is 6.73. The third kappa shape index (κ3) is 3.01. The number of rotatable bonds is 3. The van der Waals surface area contributed by atoms with E-state index in [1.807, 2.05) is 49.5 Å². The maximum atomic E-state index is 5.61. The maximum Gasteiger partial charge on any atom is 0.198 e. The van der Waals surface area contributed by atoms with E-state index in [9.17, 15) is 0 Å². The minimum Gasteiger partial charge on any atom is -0.445 e. The highest BCUT2D eigenvalue weighted by Crippen LogP contribution is 2.32. The molecule has 3 aromatic rings. The highest BCUT2D eigenvalue weighted by molar-refractivity contribution is 9.13. The first-order valence-electron chi connectivity index (χ1n) is 6.25. The van der Waals surface area contributed by atoms with E-state index in [-0.39, 0.29) is 0 Å². The van der Waals surface area contributed by atoms with Gasteiger partial charge in [-0.3, -0.25) is 0 Å². The molecule has 0 spiro atoms. The van der Waals surface area contributed by atoms with Gasteiger partial charge in [0.1, 0.15) is 5.82 Å². The Kier molecular flexibility index (Phi) is 4.07. The van der Waals surface area contributed by atoms with Gasteiger partial charge in [0.05, 0.1) is 10.2 Å². The Morgan fingerprint density at radius 2 is 1.81 bits per heavy atom. The van der Waals surface area contributed by atoms with Gasteiger partial charge in [0.25, 0.3) is 0 Å². The molecular formula is C15H11Br2N3O. The lowest BCUT2D eigenvalue weighted by molar-refractivity contribution is 0.549. The van der Waals surface area contributed by atoms with Gasteiger partial charge in [-0.2, -0.15) is 0 Å². The molecule has 0 aliphatic carbocycles. The van der Waals surface area contributed by atoms with Gasteiger partial charge in [-0.15, -0.1) is 0 Å². The second kappa shape index (κ2) is 5.99. The quantitative estimate of drug-likeness (QED) is 0.664. The van der Waals surface area contributed by atoms with Gasteiger partial charge in [-0.25, -0.2) is 9.97 Å². The number of hydrogen-bond donors (Lipinski definition) is 1. The van der Waals surface area contributed by atoms with E-state index in [0.29, 0.717) is 16.3 Å². The third-order valence-electron chi connectivity index (χ3n) is 2.92. The van der Waals surface area contributed by atoms with Crippen molar-refractivity contribution in [2.75, 3.05) is 12.4 Å². The minimum absolute atomic E-state index is 0.534. The van der Waals surface area contributed by atoms with Crippen molar-refractivity contribution in [3.8, 4) is 22.8 Å². The van der Waals surface area contributed by atoms with Gasteiger partial charge in [-0.05, 0) is 31.9 Å². The molecule has 0 radical (unpaired) electrons. The molecule has 4 nitrogen and oxygen atoms in total. The van der Waals surface area contributed by atoms with Crippen LogP contribution >= 0.6 is 31.9 Å². The summed E-state index contributed by atoms with van der Waals surface area (Å²) in [6, 6.07) is 13.7. The molecule has 0 saturated heterocycles. The van der Waals surface area contributed by atoms with E-state index in [0.717, 1.165) is 21.5 Å². The summed E-state index contributed by atoms with van der Waals surface area (Å²) in [7, 11) is 1.83. The fourth-order valence-electron chi connectivity index (χ4n) is 1.90. The summed E-state index contributed by atoms with van der Waals surface area (Å²) in [5.41, 5.74) is 1.87. The lowest BCUT2D eigenvalue weighted by atomic mass is 10.1. The summed E-state index contributed by atoms with van der Waals surface area (Å²) < 4.78 is 7.06. The average molecular weight is 409 g/mol. The molecule has 2 aromatic heterocycles. The largest absolute Gasteiger partial charge is 0.445 e. The predicted octanol–water partition coefficient (Wildman–Crippen LogP) is 4.97. The van der Waals surface area contributed by atoms with Crippen LogP contribution in [0.5, 0.6) is 0 Å². The summed E-state index contributed by atoms with van der Waals surface area (Å²) in [6.45, 7) is 0. The number of nitrogens with zero attached hydrogens (tertiary/aromatic N) is 2. The van der Waals surface area contributed by atoms with Crippen molar-refractivity contribution in [1.29, 1.82) is 0 Å². The number of benzene rings is 1. The van der Waals surface area contributed by atoms with Crippen molar-refractivity contribution in [1.82, 2.24) is 9.97 Å². The average Bonchev–Trinajstić information content (AvgIpc) is 2.87. The monoisotopic (exact) mass is 407 g/mol. The zero-order chi connectivity index (χ0) is 14.8. The molecule has 0 bridgehead atoms. The van der Waals surface area contributed by atoms with Crippen LogP contribution < -0.4 is 5.32 Å². The van der Waals surface area contributed by atoms with Gasteiger partial charge < -0.3 is 9.73 Å². The van der Waals surface area contributed by atoms with E-state index in [1.165, 1.54) is 0 Å². The fourth-order valence-corrected chi connectivity index (χ4v) is 2.48. The molecule has 0 unspecified atom stereocenters. The second-order valence-electron chi connectivity index (χ2n) is 4.31. The molecule has 2 heterocycles. The molecule has 0 aliphatic rings. The predicted molar refractivity (Wildman–Crippen MR) is 90.1 cm³/mol. The first-order valence-corrected chi connectivity index (χ1v) is 7.83. The molecule has 0 amide bonds. The molecule has 3 rings (SSSR count). The van der Waals surface area contributed by atoms with Crippen LogP contribution in [0.15, 0.2) is 56.0 Å². The van der Waals surface area contributed by atoms with Crippen LogP contribution in [-0.4, -0.2) is 17.0 Å². The van der Waals surface area contributed by atoms with Crippen LogP contribution in [0.3, 0.4) is 0 Å². The topological polar surface area (TPSA) is 51.0 Å². The zero-order valence-corrected chi connectivity index (χ0v) is 14.3. The third-order valence-corrected chi connectivity index (χ3v) is 4.63. The Hall–Kier alpha value is -1.66. The van der Waals surface area contributed by atoms with Crippen molar-refractivity contribution in [3.05, 3.63) is 51.6 Å². The molecule has 0 atom stereocenters. The molecule has 21 heavy (non-hydrogen) atoms. The Balaban J connectivity index is 2.13. The Bertz CT molecular complexity index is 752. The molecule has 6 heteroatoms. The highest BCUT2D eigenvalue weighted by atomic mass is 79.9. The van der Waals surface area contributed by atoms with Crippen molar-refractivity contribution < 1.29 is 4.42 Å². The smallest absolute Gasteiger partial charge is 0.198 e. The SMILES string of the molecule is CNc1cc(-c2ccccc2)nc(-c2cc(Br)c(Br)o2)n1. The lowest BCUT2D eigenvalue weighted by Gasteiger charge is -2.06. The number of hydrogen-bond acceptors (Lipinski definition) is 4. The van der Waals surface area contributed by atoms with E-state index in [4.69, 9.17) is 4.42 Å². The summed E-state index contributed by atoms with van der Waals surface area (Å²) in [5.74, 6) is 1.87. The van der Waals surface area contributed by atoms with Gasteiger partial charge in [0, 0.05) is 24.7 Å².